The molecule has 0 saturated heterocycles. The average molecular weight is 494 g/mol. The summed E-state index contributed by atoms with van der Waals surface area (Å²) in [5, 5.41) is 4.96. The molecule has 3 aromatic rings. The Bertz CT molecular complexity index is 1120. The standard InChI is InChI=1S/C27H31N3O4S/c1-20-8-10-21(11-9-20)28-27(32)29(15-16-33-2)18-26(31)30-14-12-25-23(13-17-35-25)24(30)19-34-22-6-4-3-5-7-22/h3-11,13,17,24H,12,14-16,18-19H2,1-2H3,(H,28,32)/t24-/m0/s1. The number of hydrogen-bond acceptors (Lipinski definition) is 5. The zero-order valence-electron chi connectivity index (χ0n) is 20.1. The van der Waals surface area contributed by atoms with E-state index >= 15 is 0 Å². The van der Waals surface area contributed by atoms with Gasteiger partial charge < -0.3 is 24.6 Å². The Labute approximate surface area is 210 Å². The van der Waals surface area contributed by atoms with Crippen LogP contribution in [0.3, 0.4) is 0 Å². The normalized spacial score (nSPS) is 14.8. The number of carbonyl (C=O) groups excluding carboxylic acids is 2. The van der Waals surface area contributed by atoms with Crippen LogP contribution in [0, 0.1) is 6.92 Å². The third-order valence-electron chi connectivity index (χ3n) is 6.05. The van der Waals surface area contributed by atoms with Crippen molar-refractivity contribution in [3.05, 3.63) is 82.0 Å². The molecule has 184 valence electrons. The van der Waals surface area contributed by atoms with Gasteiger partial charge in [0.2, 0.25) is 5.91 Å². The number of rotatable bonds is 9. The third kappa shape index (κ3) is 6.41. The van der Waals surface area contributed by atoms with Crippen LogP contribution in [0.2, 0.25) is 0 Å². The van der Waals surface area contributed by atoms with Crippen molar-refractivity contribution in [3.8, 4) is 5.75 Å². The average Bonchev–Trinajstić information content (AvgIpc) is 3.36. The van der Waals surface area contributed by atoms with E-state index in [1.54, 1.807) is 18.4 Å². The van der Waals surface area contributed by atoms with Crippen molar-refractivity contribution in [1.82, 2.24) is 9.80 Å². The zero-order chi connectivity index (χ0) is 24.6. The van der Waals surface area contributed by atoms with Crippen LogP contribution in [0.15, 0.2) is 66.0 Å². The van der Waals surface area contributed by atoms with Crippen molar-refractivity contribution in [2.45, 2.75) is 19.4 Å². The molecule has 2 heterocycles. The predicted molar refractivity (Wildman–Crippen MR) is 138 cm³/mol. The topological polar surface area (TPSA) is 71.1 Å². The van der Waals surface area contributed by atoms with Crippen molar-refractivity contribution < 1.29 is 19.1 Å². The second kappa shape index (κ2) is 11.9. The summed E-state index contributed by atoms with van der Waals surface area (Å²) >= 11 is 1.71. The Balaban J connectivity index is 1.47. The molecule has 0 saturated carbocycles. The highest BCUT2D eigenvalue weighted by molar-refractivity contribution is 7.10. The first-order valence-corrected chi connectivity index (χ1v) is 12.6. The number of aryl methyl sites for hydroxylation is 1. The number of amides is 3. The van der Waals surface area contributed by atoms with E-state index in [1.165, 1.54) is 9.78 Å². The lowest BCUT2D eigenvalue weighted by Gasteiger charge is -2.37. The van der Waals surface area contributed by atoms with E-state index in [0.29, 0.717) is 32.0 Å². The Hall–Kier alpha value is -3.36. The van der Waals surface area contributed by atoms with E-state index in [9.17, 15) is 9.59 Å². The highest BCUT2D eigenvalue weighted by Gasteiger charge is 2.33. The number of nitrogens with one attached hydrogen (secondary N) is 1. The summed E-state index contributed by atoms with van der Waals surface area (Å²) in [7, 11) is 1.58. The van der Waals surface area contributed by atoms with Crippen molar-refractivity contribution in [3.63, 3.8) is 0 Å². The molecule has 0 bridgehead atoms. The Kier molecular flexibility index (Phi) is 8.39. The van der Waals surface area contributed by atoms with E-state index in [2.05, 4.69) is 16.8 Å². The molecule has 0 aliphatic carbocycles. The van der Waals surface area contributed by atoms with Crippen molar-refractivity contribution in [2.75, 3.05) is 45.3 Å². The number of anilines is 1. The first kappa shape index (κ1) is 24.8. The largest absolute Gasteiger partial charge is 0.491 e. The minimum Gasteiger partial charge on any atom is -0.491 e. The van der Waals surface area contributed by atoms with Crippen LogP contribution in [0.25, 0.3) is 0 Å². The van der Waals surface area contributed by atoms with Crippen LogP contribution in [-0.2, 0) is 16.0 Å². The van der Waals surface area contributed by atoms with Gasteiger partial charge in [0.05, 0.1) is 12.6 Å². The fraction of sp³-hybridized carbons (Fsp3) is 0.333. The van der Waals surface area contributed by atoms with E-state index in [4.69, 9.17) is 9.47 Å². The van der Waals surface area contributed by atoms with Crippen LogP contribution >= 0.6 is 11.3 Å². The van der Waals surface area contributed by atoms with Crippen molar-refractivity contribution >= 4 is 29.0 Å². The quantitative estimate of drug-likeness (QED) is 0.467. The van der Waals surface area contributed by atoms with Gasteiger partial charge in [0.1, 0.15) is 18.9 Å². The molecule has 1 N–H and O–H groups in total. The summed E-state index contributed by atoms with van der Waals surface area (Å²) in [4.78, 5) is 31.2. The molecule has 0 unspecified atom stereocenters. The number of urea groups is 1. The smallest absolute Gasteiger partial charge is 0.322 e. The summed E-state index contributed by atoms with van der Waals surface area (Å²) in [6, 6.07) is 18.7. The molecule has 7 nitrogen and oxygen atoms in total. The number of ether oxygens (including phenoxy) is 2. The van der Waals surface area contributed by atoms with Crippen LogP contribution in [0.4, 0.5) is 10.5 Å². The van der Waals surface area contributed by atoms with Gasteiger partial charge in [0.15, 0.2) is 0 Å². The summed E-state index contributed by atoms with van der Waals surface area (Å²) in [5.74, 6) is 0.653. The highest BCUT2D eigenvalue weighted by Crippen LogP contribution is 2.34. The van der Waals surface area contributed by atoms with Gasteiger partial charge in [-0.2, -0.15) is 0 Å². The fourth-order valence-corrected chi connectivity index (χ4v) is 5.04. The van der Waals surface area contributed by atoms with Gasteiger partial charge in [-0.25, -0.2) is 4.79 Å². The molecule has 1 atom stereocenters. The van der Waals surface area contributed by atoms with E-state index < -0.39 is 0 Å². The van der Waals surface area contributed by atoms with Crippen molar-refractivity contribution in [1.29, 1.82) is 0 Å². The molecule has 1 aliphatic rings. The van der Waals surface area contributed by atoms with Crippen molar-refractivity contribution in [2.24, 2.45) is 0 Å². The first-order chi connectivity index (χ1) is 17.0. The molecule has 8 heteroatoms. The van der Waals surface area contributed by atoms with Gasteiger partial charge in [-0.15, -0.1) is 11.3 Å². The molecule has 35 heavy (non-hydrogen) atoms. The molecule has 0 spiro atoms. The number of benzene rings is 2. The van der Waals surface area contributed by atoms with E-state index in [0.717, 1.165) is 23.3 Å². The summed E-state index contributed by atoms with van der Waals surface area (Å²) < 4.78 is 11.3. The molecule has 0 radical (unpaired) electrons. The van der Waals surface area contributed by atoms with Gasteiger partial charge in [-0.1, -0.05) is 35.9 Å². The first-order valence-electron chi connectivity index (χ1n) is 11.7. The maximum absolute atomic E-state index is 13.5. The van der Waals surface area contributed by atoms with Gasteiger partial charge in [-0.3, -0.25) is 4.79 Å². The second-order valence-electron chi connectivity index (χ2n) is 8.49. The molecule has 3 amide bonds. The SMILES string of the molecule is COCCN(CC(=O)N1CCc2sccc2[C@@H]1COc1ccccc1)C(=O)Nc1ccc(C)cc1. The maximum atomic E-state index is 13.5. The van der Waals surface area contributed by atoms with Gasteiger partial charge >= 0.3 is 6.03 Å². The van der Waals surface area contributed by atoms with Crippen LogP contribution < -0.4 is 10.1 Å². The van der Waals surface area contributed by atoms with E-state index in [-0.39, 0.29) is 24.5 Å². The number of nitrogens with zero attached hydrogens (tertiary/aromatic N) is 2. The Morgan fingerprint density at radius 2 is 1.89 bits per heavy atom. The van der Waals surface area contributed by atoms with Gasteiger partial charge in [0, 0.05) is 30.8 Å². The predicted octanol–water partition coefficient (Wildman–Crippen LogP) is 4.74. The molecule has 4 rings (SSSR count). The van der Waals surface area contributed by atoms with E-state index in [1.807, 2.05) is 66.4 Å². The highest BCUT2D eigenvalue weighted by atomic mass is 32.1. The molecule has 0 fully saturated rings. The monoisotopic (exact) mass is 493 g/mol. The lowest BCUT2D eigenvalue weighted by Crippen LogP contribution is -2.49. The second-order valence-corrected chi connectivity index (χ2v) is 9.49. The number of methoxy groups -OCH3 is 1. The molecule has 2 aromatic carbocycles. The number of carbonyl (C=O) groups is 2. The summed E-state index contributed by atoms with van der Waals surface area (Å²) in [6.07, 6.45) is 0.800. The fourth-order valence-electron chi connectivity index (χ4n) is 4.11. The van der Waals surface area contributed by atoms with Gasteiger partial charge in [-0.05, 0) is 54.6 Å². The van der Waals surface area contributed by atoms with Crippen LogP contribution in [0.1, 0.15) is 22.0 Å². The Morgan fingerprint density at radius 1 is 1.11 bits per heavy atom. The van der Waals surface area contributed by atoms with Crippen LogP contribution in [0.5, 0.6) is 5.75 Å². The summed E-state index contributed by atoms with van der Waals surface area (Å²) in [6.45, 7) is 3.54. The zero-order valence-corrected chi connectivity index (χ0v) is 20.9. The lowest BCUT2D eigenvalue weighted by atomic mass is 10.0. The molecular formula is C27H31N3O4S. The lowest BCUT2D eigenvalue weighted by molar-refractivity contribution is -0.135. The summed E-state index contributed by atoms with van der Waals surface area (Å²) in [5.41, 5.74) is 2.92. The minimum absolute atomic E-state index is 0.0393. The van der Waals surface area contributed by atoms with Gasteiger partial charge in [0.25, 0.3) is 0 Å². The Morgan fingerprint density at radius 3 is 2.63 bits per heavy atom. The minimum atomic E-state index is -0.329. The molecule has 1 aromatic heterocycles. The molecule has 1 aliphatic heterocycles. The molecular weight excluding hydrogens is 462 g/mol. The number of para-hydroxylation sites is 1. The number of thiophene rings is 1. The number of hydrogen-bond donors (Lipinski definition) is 1. The maximum Gasteiger partial charge on any atom is 0.322 e. The third-order valence-corrected chi connectivity index (χ3v) is 7.04. The van der Waals surface area contributed by atoms with Crippen LogP contribution in [-0.4, -0.2) is 61.7 Å². The number of fused-ring (bicyclic) bond motifs is 1.